The summed E-state index contributed by atoms with van der Waals surface area (Å²) >= 11 is 0. The van der Waals surface area contributed by atoms with Crippen molar-refractivity contribution < 1.29 is 13.6 Å². The van der Waals surface area contributed by atoms with E-state index in [2.05, 4.69) is 5.32 Å². The highest BCUT2D eigenvalue weighted by molar-refractivity contribution is 6.04. The smallest absolute Gasteiger partial charge is 0.261 e. The van der Waals surface area contributed by atoms with Gasteiger partial charge in [0.15, 0.2) is 0 Å². The molecule has 20 heavy (non-hydrogen) atoms. The minimum Gasteiger partial charge on any atom is -0.322 e. The second kappa shape index (κ2) is 5.04. The van der Waals surface area contributed by atoms with Gasteiger partial charge in [-0.2, -0.15) is 0 Å². The Morgan fingerprint density at radius 1 is 1.00 bits per heavy atom. The van der Waals surface area contributed by atoms with E-state index >= 15 is 0 Å². The second-order valence-electron chi connectivity index (χ2n) is 4.89. The zero-order chi connectivity index (χ0) is 14.1. The first-order valence-corrected chi connectivity index (χ1v) is 6.52. The van der Waals surface area contributed by atoms with Gasteiger partial charge in [0.05, 0.1) is 0 Å². The van der Waals surface area contributed by atoms with Crippen LogP contribution in [0.15, 0.2) is 36.4 Å². The molecular weight excluding hydrogens is 260 g/mol. The molecule has 2 aromatic carbocycles. The maximum atomic E-state index is 13.5. The Morgan fingerprint density at radius 2 is 1.70 bits per heavy atom. The van der Waals surface area contributed by atoms with Crippen molar-refractivity contribution in [3.63, 3.8) is 0 Å². The first-order chi connectivity index (χ1) is 9.65. The van der Waals surface area contributed by atoms with E-state index < -0.39 is 23.1 Å². The molecule has 0 saturated carbocycles. The Balaban J connectivity index is 1.86. The number of hydrogen-bond donors (Lipinski definition) is 1. The molecule has 1 aliphatic carbocycles. The Labute approximate surface area is 115 Å². The second-order valence-corrected chi connectivity index (χ2v) is 4.89. The van der Waals surface area contributed by atoms with Crippen molar-refractivity contribution in [2.45, 2.75) is 19.3 Å². The minimum atomic E-state index is -0.858. The molecule has 0 atom stereocenters. The van der Waals surface area contributed by atoms with Crippen LogP contribution in [-0.2, 0) is 12.8 Å². The molecule has 0 aromatic heterocycles. The van der Waals surface area contributed by atoms with Gasteiger partial charge in [-0.15, -0.1) is 0 Å². The fourth-order valence-electron chi connectivity index (χ4n) is 2.56. The van der Waals surface area contributed by atoms with Crippen LogP contribution >= 0.6 is 0 Å². The number of hydrogen-bond acceptors (Lipinski definition) is 1. The Kier molecular flexibility index (Phi) is 3.22. The normalized spacial score (nSPS) is 13.1. The monoisotopic (exact) mass is 273 g/mol. The van der Waals surface area contributed by atoms with Crippen LogP contribution in [0.1, 0.15) is 27.9 Å². The molecular formula is C16H13F2NO. The van der Waals surface area contributed by atoms with Crippen molar-refractivity contribution in [2.24, 2.45) is 0 Å². The van der Waals surface area contributed by atoms with Crippen LogP contribution in [0.5, 0.6) is 0 Å². The van der Waals surface area contributed by atoms with Gasteiger partial charge in [-0.3, -0.25) is 4.79 Å². The Hall–Kier alpha value is -2.23. The number of benzene rings is 2. The van der Waals surface area contributed by atoms with Crippen LogP contribution in [0.3, 0.4) is 0 Å². The highest BCUT2D eigenvalue weighted by Gasteiger charge is 2.18. The summed E-state index contributed by atoms with van der Waals surface area (Å²) in [6.45, 7) is 0. The largest absolute Gasteiger partial charge is 0.322 e. The van der Waals surface area contributed by atoms with Gasteiger partial charge in [-0.05, 0) is 54.7 Å². The maximum absolute atomic E-state index is 13.5. The molecule has 0 fully saturated rings. The molecule has 0 unspecified atom stereocenters. The number of aryl methyl sites for hydroxylation is 2. The van der Waals surface area contributed by atoms with Gasteiger partial charge < -0.3 is 5.32 Å². The van der Waals surface area contributed by atoms with Crippen molar-refractivity contribution in [3.05, 3.63) is 64.7 Å². The lowest BCUT2D eigenvalue weighted by Gasteiger charge is -2.08. The van der Waals surface area contributed by atoms with Gasteiger partial charge in [-0.25, -0.2) is 8.78 Å². The van der Waals surface area contributed by atoms with E-state index in [0.29, 0.717) is 5.69 Å². The van der Waals surface area contributed by atoms with E-state index in [-0.39, 0.29) is 0 Å². The zero-order valence-corrected chi connectivity index (χ0v) is 10.7. The van der Waals surface area contributed by atoms with Crippen LogP contribution in [-0.4, -0.2) is 5.91 Å². The van der Waals surface area contributed by atoms with E-state index in [1.807, 2.05) is 12.1 Å². The van der Waals surface area contributed by atoms with Crippen molar-refractivity contribution in [1.29, 1.82) is 0 Å². The SMILES string of the molecule is O=C(Nc1ccc2c(c1)CCC2)c1c(F)cccc1F. The molecule has 0 spiro atoms. The van der Waals surface area contributed by atoms with E-state index in [9.17, 15) is 13.6 Å². The summed E-state index contributed by atoms with van der Waals surface area (Å²) in [4.78, 5) is 12.0. The predicted octanol–water partition coefficient (Wildman–Crippen LogP) is 3.71. The summed E-state index contributed by atoms with van der Waals surface area (Å²) in [6, 6.07) is 8.97. The van der Waals surface area contributed by atoms with Crippen molar-refractivity contribution in [1.82, 2.24) is 0 Å². The Bertz CT molecular complexity index is 662. The third kappa shape index (κ3) is 2.29. The first-order valence-electron chi connectivity index (χ1n) is 6.52. The summed E-state index contributed by atoms with van der Waals surface area (Å²) in [5.41, 5.74) is 2.49. The standard InChI is InChI=1S/C16H13F2NO/c17-13-5-2-6-14(18)15(13)16(20)19-12-8-7-10-3-1-4-11(10)9-12/h2,5-9H,1,3-4H2,(H,19,20). The number of carbonyl (C=O) groups is 1. The molecule has 1 N–H and O–H groups in total. The number of halogens is 2. The minimum absolute atomic E-state index is 0.548. The van der Waals surface area contributed by atoms with Gasteiger partial charge in [0.25, 0.3) is 5.91 Å². The predicted molar refractivity (Wildman–Crippen MR) is 72.8 cm³/mol. The van der Waals surface area contributed by atoms with Gasteiger partial charge in [0.2, 0.25) is 0 Å². The van der Waals surface area contributed by atoms with E-state index in [4.69, 9.17) is 0 Å². The topological polar surface area (TPSA) is 29.1 Å². The summed E-state index contributed by atoms with van der Waals surface area (Å²) in [5.74, 6) is -2.48. The van der Waals surface area contributed by atoms with Gasteiger partial charge in [0.1, 0.15) is 17.2 Å². The fraction of sp³-hybridized carbons (Fsp3) is 0.188. The van der Waals surface area contributed by atoms with Crippen LogP contribution in [0.4, 0.5) is 14.5 Å². The van der Waals surface area contributed by atoms with Crippen molar-refractivity contribution in [3.8, 4) is 0 Å². The van der Waals surface area contributed by atoms with Gasteiger partial charge >= 0.3 is 0 Å². The van der Waals surface area contributed by atoms with Crippen LogP contribution in [0.25, 0.3) is 0 Å². The molecule has 1 amide bonds. The summed E-state index contributed by atoms with van der Waals surface area (Å²) in [6.07, 6.45) is 3.13. The lowest BCUT2D eigenvalue weighted by Crippen LogP contribution is -2.15. The van der Waals surface area contributed by atoms with E-state index in [1.165, 1.54) is 17.2 Å². The molecule has 4 heteroatoms. The maximum Gasteiger partial charge on any atom is 0.261 e. The average molecular weight is 273 g/mol. The summed E-state index contributed by atoms with van der Waals surface area (Å²) in [7, 11) is 0. The molecule has 0 saturated heterocycles. The number of fused-ring (bicyclic) bond motifs is 1. The number of anilines is 1. The number of carbonyl (C=O) groups excluding carboxylic acids is 1. The molecule has 0 heterocycles. The fourth-order valence-corrected chi connectivity index (χ4v) is 2.56. The summed E-state index contributed by atoms with van der Waals surface area (Å²) < 4.78 is 27.0. The zero-order valence-electron chi connectivity index (χ0n) is 10.7. The molecule has 102 valence electrons. The van der Waals surface area contributed by atoms with E-state index in [0.717, 1.165) is 31.4 Å². The quantitative estimate of drug-likeness (QED) is 0.888. The van der Waals surface area contributed by atoms with Crippen molar-refractivity contribution >= 4 is 11.6 Å². The van der Waals surface area contributed by atoms with Crippen molar-refractivity contribution in [2.75, 3.05) is 5.32 Å². The lowest BCUT2D eigenvalue weighted by molar-refractivity contribution is 0.101. The van der Waals surface area contributed by atoms with Crippen LogP contribution < -0.4 is 5.32 Å². The Morgan fingerprint density at radius 3 is 2.45 bits per heavy atom. The summed E-state index contributed by atoms with van der Waals surface area (Å²) in [5, 5.41) is 2.55. The molecule has 0 radical (unpaired) electrons. The first kappa shape index (κ1) is 12.8. The average Bonchev–Trinajstić information content (AvgIpc) is 2.85. The van der Waals surface area contributed by atoms with Crippen LogP contribution in [0.2, 0.25) is 0 Å². The molecule has 0 aliphatic heterocycles. The molecule has 0 bridgehead atoms. The third-order valence-electron chi connectivity index (χ3n) is 3.55. The molecule has 2 nitrogen and oxygen atoms in total. The third-order valence-corrected chi connectivity index (χ3v) is 3.55. The number of amides is 1. The number of nitrogens with one attached hydrogen (secondary N) is 1. The highest BCUT2D eigenvalue weighted by Crippen LogP contribution is 2.25. The van der Waals surface area contributed by atoms with Gasteiger partial charge in [-0.1, -0.05) is 12.1 Å². The lowest BCUT2D eigenvalue weighted by atomic mass is 10.1. The van der Waals surface area contributed by atoms with Gasteiger partial charge in [0, 0.05) is 5.69 Å². The van der Waals surface area contributed by atoms with Crippen LogP contribution in [0, 0.1) is 11.6 Å². The highest BCUT2D eigenvalue weighted by atomic mass is 19.1. The number of rotatable bonds is 2. The molecule has 3 rings (SSSR count). The molecule has 1 aliphatic rings. The van der Waals surface area contributed by atoms with E-state index in [1.54, 1.807) is 6.07 Å². The molecule has 2 aromatic rings.